The molecule has 2 aromatic rings. The Bertz CT molecular complexity index is 704. The molecule has 1 aromatic carbocycles. The Morgan fingerprint density at radius 3 is 2.71 bits per heavy atom. The number of H-pyrrole nitrogens is 1. The lowest BCUT2D eigenvalue weighted by atomic mass is 9.94. The van der Waals surface area contributed by atoms with Crippen molar-refractivity contribution < 1.29 is 9.59 Å². The van der Waals surface area contributed by atoms with Gasteiger partial charge < -0.3 is 15.2 Å². The number of piperidine rings is 1. The van der Waals surface area contributed by atoms with Gasteiger partial charge >= 0.3 is 0 Å². The van der Waals surface area contributed by atoms with Crippen molar-refractivity contribution in [3.8, 4) is 0 Å². The number of amides is 2. The van der Waals surface area contributed by atoms with Gasteiger partial charge in [-0.3, -0.25) is 9.59 Å². The summed E-state index contributed by atoms with van der Waals surface area (Å²) in [5, 5.41) is 2.73. The van der Waals surface area contributed by atoms with E-state index in [0.717, 1.165) is 24.1 Å². The van der Waals surface area contributed by atoms with Gasteiger partial charge in [0.1, 0.15) is 0 Å². The van der Waals surface area contributed by atoms with Crippen molar-refractivity contribution in [2.75, 3.05) is 19.6 Å². The number of carbonyl (C=O) groups is 2. The molecule has 0 saturated carbocycles. The number of rotatable bonds is 4. The molecule has 2 heterocycles. The molecular weight excluding hydrogens is 304 g/mol. The highest BCUT2D eigenvalue weighted by atomic mass is 16.2. The quantitative estimate of drug-likeness (QED) is 0.900. The predicted octanol–water partition coefficient (Wildman–Crippen LogP) is 1.85. The fourth-order valence-corrected chi connectivity index (χ4v) is 3.12. The second kappa shape index (κ2) is 7.29. The molecule has 0 unspecified atom stereocenters. The molecule has 0 bridgehead atoms. The van der Waals surface area contributed by atoms with E-state index in [0.29, 0.717) is 24.6 Å². The maximum absolute atomic E-state index is 12.3. The molecule has 1 saturated heterocycles. The second-order valence-electron chi connectivity index (χ2n) is 6.16. The number of aryl methyl sites for hydroxylation is 1. The fourth-order valence-electron chi connectivity index (χ4n) is 3.12. The number of carbonyl (C=O) groups excluding carboxylic acids is 2. The Morgan fingerprint density at radius 2 is 2.04 bits per heavy atom. The molecule has 3 rings (SSSR count). The highest BCUT2D eigenvalue weighted by molar-refractivity contribution is 5.97. The number of imidazole rings is 1. The normalized spacial score (nSPS) is 15.3. The van der Waals surface area contributed by atoms with Crippen LogP contribution < -0.4 is 5.32 Å². The zero-order valence-corrected chi connectivity index (χ0v) is 13.8. The van der Waals surface area contributed by atoms with Crippen molar-refractivity contribution in [3.05, 3.63) is 53.6 Å². The maximum atomic E-state index is 12.3. The first-order chi connectivity index (χ1) is 11.6. The summed E-state index contributed by atoms with van der Waals surface area (Å²) in [5.41, 5.74) is 2.65. The van der Waals surface area contributed by atoms with Crippen molar-refractivity contribution in [2.45, 2.75) is 25.7 Å². The summed E-state index contributed by atoms with van der Waals surface area (Å²) in [5.74, 6) is 0.201. The van der Waals surface area contributed by atoms with E-state index in [9.17, 15) is 9.59 Å². The number of likely N-dealkylation sites (tertiary alicyclic amines) is 1. The van der Waals surface area contributed by atoms with Crippen LogP contribution >= 0.6 is 0 Å². The fraction of sp³-hybridized carbons (Fsp3) is 0.389. The highest BCUT2D eigenvalue weighted by Gasteiger charge is 2.24. The zero-order valence-electron chi connectivity index (χ0n) is 13.8. The van der Waals surface area contributed by atoms with E-state index in [4.69, 9.17) is 0 Å². The Balaban J connectivity index is 1.48. The lowest BCUT2D eigenvalue weighted by Gasteiger charge is -2.31. The van der Waals surface area contributed by atoms with Crippen LogP contribution in [-0.2, 0) is 4.79 Å². The van der Waals surface area contributed by atoms with Gasteiger partial charge in [0.05, 0.1) is 12.9 Å². The number of hydrogen-bond donors (Lipinski definition) is 2. The van der Waals surface area contributed by atoms with E-state index in [1.165, 1.54) is 0 Å². The number of nitrogens with one attached hydrogen (secondary N) is 2. The van der Waals surface area contributed by atoms with Gasteiger partial charge in [0.25, 0.3) is 5.91 Å². The van der Waals surface area contributed by atoms with E-state index in [-0.39, 0.29) is 18.4 Å². The summed E-state index contributed by atoms with van der Waals surface area (Å²) >= 11 is 0. The Morgan fingerprint density at radius 1 is 1.29 bits per heavy atom. The molecule has 0 aliphatic carbocycles. The predicted molar refractivity (Wildman–Crippen MR) is 90.7 cm³/mol. The van der Waals surface area contributed by atoms with Crippen LogP contribution in [0.15, 0.2) is 36.8 Å². The van der Waals surface area contributed by atoms with Gasteiger partial charge in [-0.15, -0.1) is 0 Å². The topological polar surface area (TPSA) is 78.1 Å². The Kier molecular flexibility index (Phi) is 4.93. The van der Waals surface area contributed by atoms with Crippen LogP contribution in [0.1, 0.15) is 40.4 Å². The standard InChI is InChI=1S/C18H22N4O2/c1-13-4-2-3-5-15(13)18(24)20-11-17(23)22-8-6-14(7-9-22)16-10-19-12-21-16/h2-5,10,12,14H,6-9,11H2,1H3,(H,19,21)(H,20,24). The van der Waals surface area contributed by atoms with Gasteiger partial charge in [-0.25, -0.2) is 4.98 Å². The molecule has 1 fully saturated rings. The summed E-state index contributed by atoms with van der Waals surface area (Å²) in [6.07, 6.45) is 5.37. The molecule has 1 aliphatic rings. The lowest BCUT2D eigenvalue weighted by Crippen LogP contribution is -2.43. The number of aromatic amines is 1. The van der Waals surface area contributed by atoms with E-state index >= 15 is 0 Å². The zero-order chi connectivity index (χ0) is 16.9. The van der Waals surface area contributed by atoms with Crippen molar-refractivity contribution in [1.82, 2.24) is 20.2 Å². The Labute approximate surface area is 141 Å². The average molecular weight is 326 g/mol. The van der Waals surface area contributed by atoms with Crippen molar-refractivity contribution in [2.24, 2.45) is 0 Å². The van der Waals surface area contributed by atoms with E-state index in [2.05, 4.69) is 15.3 Å². The van der Waals surface area contributed by atoms with Gasteiger partial charge in [0.15, 0.2) is 0 Å². The third kappa shape index (κ3) is 3.64. The summed E-state index contributed by atoms with van der Waals surface area (Å²) in [7, 11) is 0. The van der Waals surface area contributed by atoms with Gasteiger partial charge in [-0.05, 0) is 31.4 Å². The van der Waals surface area contributed by atoms with Gasteiger partial charge in [-0.1, -0.05) is 18.2 Å². The SMILES string of the molecule is Cc1ccccc1C(=O)NCC(=O)N1CCC(c2cnc[nH]2)CC1. The number of nitrogens with zero attached hydrogens (tertiary/aromatic N) is 2. The van der Waals surface area contributed by atoms with Gasteiger partial charge in [0.2, 0.25) is 5.91 Å². The van der Waals surface area contributed by atoms with Crippen LogP contribution in [0.4, 0.5) is 0 Å². The molecule has 0 radical (unpaired) electrons. The van der Waals surface area contributed by atoms with Gasteiger partial charge in [-0.2, -0.15) is 0 Å². The first kappa shape index (κ1) is 16.2. The molecule has 1 aromatic heterocycles. The van der Waals surface area contributed by atoms with Crippen LogP contribution in [0.5, 0.6) is 0 Å². The second-order valence-corrected chi connectivity index (χ2v) is 6.16. The van der Waals surface area contributed by atoms with E-state index in [1.54, 1.807) is 12.4 Å². The van der Waals surface area contributed by atoms with Gasteiger partial charge in [0, 0.05) is 36.5 Å². The minimum Gasteiger partial charge on any atom is -0.348 e. The third-order valence-corrected chi connectivity index (χ3v) is 4.60. The first-order valence-electron chi connectivity index (χ1n) is 8.25. The highest BCUT2D eigenvalue weighted by Crippen LogP contribution is 2.26. The molecule has 0 spiro atoms. The smallest absolute Gasteiger partial charge is 0.251 e. The van der Waals surface area contributed by atoms with E-state index in [1.807, 2.05) is 36.2 Å². The molecule has 126 valence electrons. The number of hydrogen-bond acceptors (Lipinski definition) is 3. The van der Waals surface area contributed by atoms with Crippen molar-refractivity contribution in [1.29, 1.82) is 0 Å². The first-order valence-corrected chi connectivity index (χ1v) is 8.25. The average Bonchev–Trinajstić information content (AvgIpc) is 3.14. The molecule has 2 N–H and O–H groups in total. The largest absolute Gasteiger partial charge is 0.348 e. The number of benzene rings is 1. The summed E-state index contributed by atoms with van der Waals surface area (Å²) < 4.78 is 0. The maximum Gasteiger partial charge on any atom is 0.251 e. The molecule has 0 atom stereocenters. The summed E-state index contributed by atoms with van der Waals surface area (Å²) in [6, 6.07) is 7.37. The van der Waals surface area contributed by atoms with Crippen molar-refractivity contribution in [3.63, 3.8) is 0 Å². The van der Waals surface area contributed by atoms with Crippen LogP contribution in [0.2, 0.25) is 0 Å². The molecule has 24 heavy (non-hydrogen) atoms. The Hall–Kier alpha value is -2.63. The molecular formula is C18H22N4O2. The van der Waals surface area contributed by atoms with Crippen molar-refractivity contribution >= 4 is 11.8 Å². The molecule has 1 aliphatic heterocycles. The summed E-state index contributed by atoms with van der Waals surface area (Å²) in [6.45, 7) is 3.35. The molecule has 6 nitrogen and oxygen atoms in total. The van der Waals surface area contributed by atoms with Crippen LogP contribution in [-0.4, -0.2) is 46.3 Å². The minimum atomic E-state index is -0.200. The number of aromatic nitrogens is 2. The van der Waals surface area contributed by atoms with Crippen LogP contribution in [0.25, 0.3) is 0 Å². The van der Waals surface area contributed by atoms with Crippen LogP contribution in [0.3, 0.4) is 0 Å². The lowest BCUT2D eigenvalue weighted by molar-refractivity contribution is -0.131. The van der Waals surface area contributed by atoms with Crippen LogP contribution in [0, 0.1) is 6.92 Å². The summed E-state index contributed by atoms with van der Waals surface area (Å²) in [4.78, 5) is 33.5. The van der Waals surface area contributed by atoms with E-state index < -0.39 is 0 Å². The molecule has 2 amide bonds. The minimum absolute atomic E-state index is 0.0278. The third-order valence-electron chi connectivity index (χ3n) is 4.60. The monoisotopic (exact) mass is 326 g/mol. The molecule has 6 heteroatoms.